The number of nitrogens with zero attached hydrogens (tertiary/aromatic N) is 1. The average molecular weight is 395 g/mol. The van der Waals surface area contributed by atoms with E-state index in [1.54, 1.807) is 31.2 Å². The molecule has 1 atom stereocenters. The van der Waals surface area contributed by atoms with Crippen molar-refractivity contribution in [3.63, 3.8) is 0 Å². The summed E-state index contributed by atoms with van der Waals surface area (Å²) >= 11 is 0. The van der Waals surface area contributed by atoms with Crippen molar-refractivity contribution in [3.8, 4) is 11.5 Å². The van der Waals surface area contributed by atoms with E-state index >= 15 is 0 Å². The van der Waals surface area contributed by atoms with Gasteiger partial charge < -0.3 is 20.1 Å². The van der Waals surface area contributed by atoms with E-state index in [1.807, 2.05) is 25.1 Å². The predicted octanol–water partition coefficient (Wildman–Crippen LogP) is 2.22. The first-order valence-corrected chi connectivity index (χ1v) is 9.24. The Morgan fingerprint density at radius 2 is 1.93 bits per heavy atom. The second-order valence-electron chi connectivity index (χ2n) is 7.38. The number of fused-ring (bicyclic) bond motifs is 1. The number of nitrogens with one attached hydrogen (secondary N) is 2. The van der Waals surface area contributed by atoms with E-state index in [0.717, 1.165) is 16.0 Å². The van der Waals surface area contributed by atoms with Crippen molar-refractivity contribution in [1.29, 1.82) is 0 Å². The first-order valence-electron chi connectivity index (χ1n) is 9.24. The van der Waals surface area contributed by atoms with Crippen LogP contribution in [0.25, 0.3) is 0 Å². The molecule has 150 valence electrons. The van der Waals surface area contributed by atoms with Crippen molar-refractivity contribution in [3.05, 3.63) is 53.6 Å². The fraction of sp³-hybridized carbons (Fsp3) is 0.286. The first-order chi connectivity index (χ1) is 13.9. The van der Waals surface area contributed by atoms with Gasteiger partial charge >= 0.3 is 6.03 Å². The summed E-state index contributed by atoms with van der Waals surface area (Å²) in [7, 11) is 0. The minimum Gasteiger partial charge on any atom is -0.454 e. The summed E-state index contributed by atoms with van der Waals surface area (Å²) in [5.74, 6) is 0.378. The Hall–Kier alpha value is -3.55. The molecule has 1 fully saturated rings. The van der Waals surface area contributed by atoms with Gasteiger partial charge in [0.15, 0.2) is 11.5 Å². The minimum absolute atomic E-state index is 0.162. The highest BCUT2D eigenvalue weighted by atomic mass is 16.7. The molecule has 1 saturated heterocycles. The van der Waals surface area contributed by atoms with Crippen LogP contribution >= 0.6 is 0 Å². The fourth-order valence-electron chi connectivity index (χ4n) is 3.52. The number of carbonyl (C=O) groups excluding carboxylic acids is 3. The third-order valence-corrected chi connectivity index (χ3v) is 5.06. The van der Waals surface area contributed by atoms with E-state index in [9.17, 15) is 14.4 Å². The van der Waals surface area contributed by atoms with Crippen LogP contribution in [0.5, 0.6) is 11.5 Å². The summed E-state index contributed by atoms with van der Waals surface area (Å²) in [6.45, 7) is 3.33. The second kappa shape index (κ2) is 7.12. The van der Waals surface area contributed by atoms with Gasteiger partial charge in [0.05, 0.1) is 0 Å². The molecule has 0 bridgehead atoms. The molecule has 8 nitrogen and oxygen atoms in total. The summed E-state index contributed by atoms with van der Waals surface area (Å²) < 4.78 is 10.7. The lowest BCUT2D eigenvalue weighted by molar-refractivity contribution is -0.133. The van der Waals surface area contributed by atoms with Crippen molar-refractivity contribution in [2.24, 2.45) is 0 Å². The largest absolute Gasteiger partial charge is 0.454 e. The minimum atomic E-state index is -1.15. The molecule has 8 heteroatoms. The normalized spacial score (nSPS) is 20.0. The van der Waals surface area contributed by atoms with Crippen molar-refractivity contribution < 1.29 is 23.9 Å². The monoisotopic (exact) mass is 395 g/mol. The van der Waals surface area contributed by atoms with E-state index in [-0.39, 0.29) is 19.8 Å². The van der Waals surface area contributed by atoms with Crippen molar-refractivity contribution in [2.45, 2.75) is 25.8 Å². The molecule has 0 radical (unpaired) electrons. The van der Waals surface area contributed by atoms with Gasteiger partial charge in [-0.1, -0.05) is 24.3 Å². The van der Waals surface area contributed by atoms with Gasteiger partial charge in [0, 0.05) is 12.1 Å². The number of para-hydroxylation sites is 1. The smallest absolute Gasteiger partial charge is 0.325 e. The Morgan fingerprint density at radius 1 is 1.17 bits per heavy atom. The number of aryl methyl sites for hydroxylation is 1. The van der Waals surface area contributed by atoms with E-state index in [2.05, 4.69) is 10.6 Å². The van der Waals surface area contributed by atoms with Crippen LogP contribution in [-0.2, 0) is 16.0 Å². The number of urea groups is 1. The highest BCUT2D eigenvalue weighted by Gasteiger charge is 2.48. The van der Waals surface area contributed by atoms with Crippen LogP contribution < -0.4 is 20.1 Å². The summed E-state index contributed by atoms with van der Waals surface area (Å²) in [6.07, 6.45) is 0.268. The number of benzene rings is 2. The number of rotatable bonds is 5. The highest BCUT2D eigenvalue weighted by Crippen LogP contribution is 2.34. The lowest BCUT2D eigenvalue weighted by Crippen LogP contribution is -2.46. The second-order valence-corrected chi connectivity index (χ2v) is 7.38. The van der Waals surface area contributed by atoms with E-state index in [1.165, 1.54) is 0 Å². The number of imide groups is 1. The van der Waals surface area contributed by atoms with Crippen LogP contribution in [0, 0.1) is 6.92 Å². The molecule has 29 heavy (non-hydrogen) atoms. The van der Waals surface area contributed by atoms with Gasteiger partial charge in [-0.05, 0) is 43.2 Å². The third-order valence-electron chi connectivity index (χ3n) is 5.06. The molecule has 2 N–H and O–H groups in total. The molecule has 0 aliphatic carbocycles. The van der Waals surface area contributed by atoms with Crippen LogP contribution in [0.15, 0.2) is 42.5 Å². The maximum Gasteiger partial charge on any atom is 0.325 e. The summed E-state index contributed by atoms with van der Waals surface area (Å²) in [6, 6.07) is 12.1. The summed E-state index contributed by atoms with van der Waals surface area (Å²) in [5, 5.41) is 5.45. The molecule has 2 aliphatic heterocycles. The molecule has 2 aromatic rings. The van der Waals surface area contributed by atoms with Crippen molar-refractivity contribution in [2.75, 3.05) is 18.7 Å². The number of anilines is 1. The maximum absolute atomic E-state index is 12.9. The number of hydrogen-bond acceptors (Lipinski definition) is 5. The number of hydrogen-bond donors (Lipinski definition) is 2. The zero-order chi connectivity index (χ0) is 20.6. The molecule has 2 aliphatic rings. The Balaban J connectivity index is 1.45. The molecule has 4 rings (SSSR count). The lowest BCUT2D eigenvalue weighted by Gasteiger charge is -2.22. The quantitative estimate of drug-likeness (QED) is 0.757. The van der Waals surface area contributed by atoms with Gasteiger partial charge in [-0.3, -0.25) is 14.5 Å². The van der Waals surface area contributed by atoms with Crippen LogP contribution in [0.2, 0.25) is 0 Å². The maximum atomic E-state index is 12.9. The Kier molecular flexibility index (Phi) is 4.62. The topological polar surface area (TPSA) is 97.0 Å². The molecule has 0 saturated carbocycles. The predicted molar refractivity (Wildman–Crippen MR) is 105 cm³/mol. The highest BCUT2D eigenvalue weighted by molar-refractivity contribution is 6.10. The van der Waals surface area contributed by atoms with Crippen molar-refractivity contribution in [1.82, 2.24) is 10.2 Å². The Morgan fingerprint density at radius 3 is 2.72 bits per heavy atom. The molecule has 0 aromatic heterocycles. The molecule has 4 amide bonds. The SMILES string of the molecule is Cc1ccccc1NC(=O)CN1C(=O)N[C@](C)(Cc2ccc3c(c2)OCO3)C1=O. The number of ether oxygens (including phenoxy) is 2. The standard InChI is InChI=1S/C21H21N3O5/c1-13-5-3-4-6-15(13)22-18(25)11-24-19(26)21(2,23-20(24)27)10-14-7-8-16-17(9-14)29-12-28-16/h3-9H,10-12H2,1-2H3,(H,22,25)(H,23,27)/t21-/m1/s1. The van der Waals surface area contributed by atoms with Gasteiger partial charge in [-0.25, -0.2) is 4.79 Å². The van der Waals surface area contributed by atoms with Crippen LogP contribution in [0.4, 0.5) is 10.5 Å². The molecular weight excluding hydrogens is 374 g/mol. The third kappa shape index (κ3) is 3.61. The molecule has 2 aromatic carbocycles. The first kappa shape index (κ1) is 18.8. The number of carbonyl (C=O) groups is 3. The Bertz CT molecular complexity index is 1010. The summed E-state index contributed by atoms with van der Waals surface area (Å²) in [4.78, 5) is 38.7. The van der Waals surface area contributed by atoms with Crippen LogP contribution in [0.3, 0.4) is 0 Å². The van der Waals surface area contributed by atoms with E-state index < -0.39 is 23.4 Å². The fourth-order valence-corrected chi connectivity index (χ4v) is 3.52. The van der Waals surface area contributed by atoms with Gasteiger partial charge in [0.1, 0.15) is 12.1 Å². The zero-order valence-electron chi connectivity index (χ0n) is 16.2. The van der Waals surface area contributed by atoms with Gasteiger partial charge in [-0.2, -0.15) is 0 Å². The molecular formula is C21H21N3O5. The molecule has 0 unspecified atom stereocenters. The van der Waals surface area contributed by atoms with Crippen LogP contribution in [-0.4, -0.2) is 41.6 Å². The van der Waals surface area contributed by atoms with Crippen molar-refractivity contribution >= 4 is 23.5 Å². The molecule has 2 heterocycles. The van der Waals surface area contributed by atoms with E-state index in [4.69, 9.17) is 9.47 Å². The zero-order valence-corrected chi connectivity index (χ0v) is 16.2. The Labute approximate surface area is 167 Å². The van der Waals surface area contributed by atoms with Gasteiger partial charge in [-0.15, -0.1) is 0 Å². The van der Waals surface area contributed by atoms with E-state index in [0.29, 0.717) is 17.2 Å². The van der Waals surface area contributed by atoms with Crippen LogP contribution in [0.1, 0.15) is 18.1 Å². The lowest BCUT2D eigenvalue weighted by atomic mass is 9.92. The van der Waals surface area contributed by atoms with Gasteiger partial charge in [0.25, 0.3) is 5.91 Å². The number of amides is 4. The van der Waals surface area contributed by atoms with Gasteiger partial charge in [0.2, 0.25) is 12.7 Å². The summed E-state index contributed by atoms with van der Waals surface area (Å²) in [5.41, 5.74) is 1.21. The molecule has 0 spiro atoms. The average Bonchev–Trinajstić information content (AvgIpc) is 3.22.